The zero-order valence-corrected chi connectivity index (χ0v) is 14.4. The third-order valence-corrected chi connectivity index (χ3v) is 4.54. The molecule has 0 bridgehead atoms. The first kappa shape index (κ1) is 17.2. The Morgan fingerprint density at radius 3 is 2.72 bits per heavy atom. The molecule has 1 aliphatic carbocycles. The van der Waals surface area contributed by atoms with Crippen LogP contribution in [0.4, 0.5) is 5.82 Å². The second kappa shape index (κ2) is 7.96. The minimum absolute atomic E-state index is 0.0632. The Balaban J connectivity index is 1.42. The van der Waals surface area contributed by atoms with E-state index in [1.165, 1.54) is 5.56 Å². The van der Waals surface area contributed by atoms with Gasteiger partial charge in [-0.25, -0.2) is 4.68 Å². The van der Waals surface area contributed by atoms with Crippen molar-refractivity contribution in [2.75, 3.05) is 11.9 Å². The van der Waals surface area contributed by atoms with Crippen LogP contribution < -0.4 is 10.6 Å². The fourth-order valence-corrected chi connectivity index (χ4v) is 2.82. The van der Waals surface area contributed by atoms with Crippen molar-refractivity contribution in [1.82, 2.24) is 15.1 Å². The standard InChI is InChI=1S/C19H24N4O2/c1-14-13-16(14)19(25)20-10-8-18(24)22-17-7-11-21-23(17)12-9-15-5-3-2-4-6-15/h2-7,11,14,16H,8-10,12-13H2,1H3,(H,20,25)(H,22,24). The zero-order chi connectivity index (χ0) is 17.6. The first-order valence-electron chi connectivity index (χ1n) is 8.77. The molecule has 3 rings (SSSR count). The topological polar surface area (TPSA) is 76.0 Å². The summed E-state index contributed by atoms with van der Waals surface area (Å²) in [5, 5.41) is 9.95. The Labute approximate surface area is 147 Å². The number of carbonyl (C=O) groups excluding carboxylic acids is 2. The van der Waals surface area contributed by atoms with Gasteiger partial charge < -0.3 is 10.6 Å². The van der Waals surface area contributed by atoms with Gasteiger partial charge in [0.05, 0.1) is 6.20 Å². The number of hydrogen-bond donors (Lipinski definition) is 2. The van der Waals surface area contributed by atoms with Gasteiger partial charge in [0.2, 0.25) is 11.8 Å². The van der Waals surface area contributed by atoms with E-state index in [4.69, 9.17) is 0 Å². The number of aromatic nitrogens is 2. The predicted octanol–water partition coefficient (Wildman–Crippen LogP) is 2.23. The Kier molecular flexibility index (Phi) is 5.48. The fraction of sp³-hybridized carbons (Fsp3) is 0.421. The van der Waals surface area contributed by atoms with E-state index >= 15 is 0 Å². The van der Waals surface area contributed by atoms with Crippen molar-refractivity contribution in [2.45, 2.75) is 32.7 Å². The lowest BCUT2D eigenvalue weighted by Gasteiger charge is -2.09. The van der Waals surface area contributed by atoms with Crippen LogP contribution in [0.25, 0.3) is 0 Å². The zero-order valence-electron chi connectivity index (χ0n) is 14.4. The minimum atomic E-state index is -0.120. The van der Waals surface area contributed by atoms with Crippen LogP contribution in [-0.2, 0) is 22.6 Å². The number of nitrogens with one attached hydrogen (secondary N) is 2. The summed E-state index contributed by atoms with van der Waals surface area (Å²) in [6.07, 6.45) is 3.74. The number of nitrogens with zero attached hydrogens (tertiary/aromatic N) is 2. The Morgan fingerprint density at radius 1 is 1.24 bits per heavy atom. The van der Waals surface area contributed by atoms with Gasteiger partial charge in [0.25, 0.3) is 0 Å². The Bertz CT molecular complexity index is 726. The number of amides is 2. The lowest BCUT2D eigenvalue weighted by Crippen LogP contribution is -2.29. The highest BCUT2D eigenvalue weighted by molar-refractivity contribution is 5.90. The van der Waals surface area contributed by atoms with E-state index < -0.39 is 0 Å². The number of hydrogen-bond acceptors (Lipinski definition) is 3. The summed E-state index contributed by atoms with van der Waals surface area (Å²) < 4.78 is 1.79. The molecule has 0 saturated heterocycles. The number of aryl methyl sites for hydroxylation is 2. The largest absolute Gasteiger partial charge is 0.355 e. The van der Waals surface area contributed by atoms with Gasteiger partial charge in [0, 0.05) is 31.5 Å². The van der Waals surface area contributed by atoms with Gasteiger partial charge in [-0.15, -0.1) is 0 Å². The summed E-state index contributed by atoms with van der Waals surface area (Å²) in [7, 11) is 0. The molecule has 0 radical (unpaired) electrons. The molecule has 2 aromatic rings. The van der Waals surface area contributed by atoms with Crippen LogP contribution in [0.1, 0.15) is 25.3 Å². The second-order valence-electron chi connectivity index (χ2n) is 6.58. The maximum absolute atomic E-state index is 12.1. The van der Waals surface area contributed by atoms with Crippen molar-refractivity contribution < 1.29 is 9.59 Å². The molecule has 1 heterocycles. The number of carbonyl (C=O) groups is 2. The van der Waals surface area contributed by atoms with E-state index in [0.717, 1.165) is 12.8 Å². The minimum Gasteiger partial charge on any atom is -0.355 e. The highest BCUT2D eigenvalue weighted by atomic mass is 16.2. The van der Waals surface area contributed by atoms with Crippen LogP contribution in [0.15, 0.2) is 42.6 Å². The smallest absolute Gasteiger partial charge is 0.227 e. The van der Waals surface area contributed by atoms with E-state index in [2.05, 4.69) is 34.8 Å². The first-order valence-corrected chi connectivity index (χ1v) is 8.77. The Hall–Kier alpha value is -2.63. The van der Waals surface area contributed by atoms with Gasteiger partial charge >= 0.3 is 0 Å². The Morgan fingerprint density at radius 2 is 2.00 bits per heavy atom. The van der Waals surface area contributed by atoms with E-state index in [-0.39, 0.29) is 24.2 Å². The van der Waals surface area contributed by atoms with Crippen molar-refractivity contribution >= 4 is 17.6 Å². The summed E-state index contributed by atoms with van der Waals surface area (Å²) in [4.78, 5) is 23.8. The molecule has 1 fully saturated rings. The first-order chi connectivity index (χ1) is 12.1. The lowest BCUT2D eigenvalue weighted by molar-refractivity contribution is -0.122. The third kappa shape index (κ3) is 4.92. The highest BCUT2D eigenvalue weighted by Crippen LogP contribution is 2.37. The SMILES string of the molecule is CC1CC1C(=O)NCCC(=O)Nc1ccnn1CCc1ccccc1. The van der Waals surface area contributed by atoms with Crippen LogP contribution in [0.3, 0.4) is 0 Å². The third-order valence-electron chi connectivity index (χ3n) is 4.54. The molecule has 2 N–H and O–H groups in total. The van der Waals surface area contributed by atoms with Gasteiger partial charge in [0.1, 0.15) is 5.82 Å². The van der Waals surface area contributed by atoms with Crippen molar-refractivity contribution in [3.8, 4) is 0 Å². The molecule has 6 nitrogen and oxygen atoms in total. The van der Waals surface area contributed by atoms with Gasteiger partial charge in [-0.2, -0.15) is 5.10 Å². The molecule has 1 aliphatic rings. The van der Waals surface area contributed by atoms with Crippen LogP contribution in [0.5, 0.6) is 0 Å². The molecule has 2 amide bonds. The number of anilines is 1. The lowest BCUT2D eigenvalue weighted by atomic mass is 10.1. The highest BCUT2D eigenvalue weighted by Gasteiger charge is 2.38. The molecule has 1 aromatic heterocycles. The summed E-state index contributed by atoms with van der Waals surface area (Å²) in [6, 6.07) is 11.9. The van der Waals surface area contributed by atoms with Gasteiger partial charge in [-0.3, -0.25) is 9.59 Å². The molecule has 0 aliphatic heterocycles. The van der Waals surface area contributed by atoms with Crippen LogP contribution in [0.2, 0.25) is 0 Å². The summed E-state index contributed by atoms with van der Waals surface area (Å²) in [5.74, 6) is 1.25. The van der Waals surface area contributed by atoms with Crippen LogP contribution in [0, 0.1) is 11.8 Å². The number of benzene rings is 1. The average Bonchev–Trinajstić information content (AvgIpc) is 3.19. The van der Waals surface area contributed by atoms with Crippen molar-refractivity contribution in [3.05, 3.63) is 48.2 Å². The van der Waals surface area contributed by atoms with E-state index in [1.807, 2.05) is 18.2 Å². The van der Waals surface area contributed by atoms with E-state index in [0.29, 0.717) is 24.8 Å². The maximum atomic E-state index is 12.1. The van der Waals surface area contributed by atoms with Crippen LogP contribution >= 0.6 is 0 Å². The molecule has 25 heavy (non-hydrogen) atoms. The van der Waals surface area contributed by atoms with Gasteiger partial charge in [-0.1, -0.05) is 37.3 Å². The maximum Gasteiger partial charge on any atom is 0.227 e. The second-order valence-corrected chi connectivity index (χ2v) is 6.58. The molecule has 0 spiro atoms. The van der Waals surface area contributed by atoms with E-state index in [1.54, 1.807) is 16.9 Å². The summed E-state index contributed by atoms with van der Waals surface area (Å²) in [6.45, 7) is 3.13. The fourth-order valence-electron chi connectivity index (χ4n) is 2.82. The molecular weight excluding hydrogens is 316 g/mol. The van der Waals surface area contributed by atoms with E-state index in [9.17, 15) is 9.59 Å². The van der Waals surface area contributed by atoms with Gasteiger partial charge in [0.15, 0.2) is 0 Å². The molecule has 132 valence electrons. The summed E-state index contributed by atoms with van der Waals surface area (Å²) in [5.41, 5.74) is 1.23. The average molecular weight is 340 g/mol. The van der Waals surface area contributed by atoms with Crippen molar-refractivity contribution in [1.29, 1.82) is 0 Å². The molecule has 1 aromatic carbocycles. The molecule has 1 saturated carbocycles. The normalized spacial score (nSPS) is 18.6. The number of rotatable bonds is 8. The molecule has 2 unspecified atom stereocenters. The quantitative estimate of drug-likeness (QED) is 0.774. The molecule has 2 atom stereocenters. The van der Waals surface area contributed by atoms with Crippen LogP contribution in [-0.4, -0.2) is 28.1 Å². The molecule has 6 heteroatoms. The monoisotopic (exact) mass is 340 g/mol. The van der Waals surface area contributed by atoms with Crippen molar-refractivity contribution in [3.63, 3.8) is 0 Å². The molecular formula is C19H24N4O2. The van der Waals surface area contributed by atoms with Crippen molar-refractivity contribution in [2.24, 2.45) is 11.8 Å². The predicted molar refractivity (Wildman–Crippen MR) is 95.9 cm³/mol. The van der Waals surface area contributed by atoms with Gasteiger partial charge in [-0.05, 0) is 24.3 Å². The summed E-state index contributed by atoms with van der Waals surface area (Å²) >= 11 is 0.